The van der Waals surface area contributed by atoms with Crippen LogP contribution in [0.1, 0.15) is 11.1 Å². The predicted octanol–water partition coefficient (Wildman–Crippen LogP) is 3.59. The quantitative estimate of drug-likeness (QED) is 0.808. The van der Waals surface area contributed by atoms with Crippen LogP contribution < -0.4 is 10.5 Å². The van der Waals surface area contributed by atoms with Crippen molar-refractivity contribution >= 4 is 37.3 Å². The summed E-state index contributed by atoms with van der Waals surface area (Å²) in [6.07, 6.45) is 0. The third kappa shape index (κ3) is 3.19. The normalized spacial score (nSPS) is 11.4. The molecular weight excluding hydrogens is 359 g/mol. The lowest BCUT2D eigenvalue weighted by molar-refractivity contribution is 0.599. The second-order valence-electron chi connectivity index (χ2n) is 4.66. The number of halogens is 2. The average molecular weight is 373 g/mol. The fraction of sp³-hybridized carbons (Fsp3) is 0.143. The van der Waals surface area contributed by atoms with Crippen LogP contribution in [-0.4, -0.2) is 8.42 Å². The largest absolute Gasteiger partial charge is 0.398 e. The summed E-state index contributed by atoms with van der Waals surface area (Å²) < 4.78 is 40.8. The Morgan fingerprint density at radius 2 is 1.86 bits per heavy atom. The molecule has 0 aromatic heterocycles. The predicted molar refractivity (Wildman–Crippen MR) is 85.2 cm³/mol. The molecule has 3 N–H and O–H groups in total. The van der Waals surface area contributed by atoms with E-state index in [9.17, 15) is 12.8 Å². The summed E-state index contributed by atoms with van der Waals surface area (Å²) in [6, 6.07) is 7.22. The molecule has 2 rings (SSSR count). The van der Waals surface area contributed by atoms with Gasteiger partial charge in [0.1, 0.15) is 5.82 Å². The highest BCUT2D eigenvalue weighted by molar-refractivity contribution is 9.10. The van der Waals surface area contributed by atoms with Gasteiger partial charge in [-0.15, -0.1) is 0 Å². The first-order chi connectivity index (χ1) is 9.72. The van der Waals surface area contributed by atoms with Gasteiger partial charge in [0.15, 0.2) is 0 Å². The molecule has 0 unspecified atom stereocenters. The van der Waals surface area contributed by atoms with Crippen molar-refractivity contribution in [2.75, 3.05) is 10.5 Å². The second-order valence-corrected chi connectivity index (χ2v) is 7.13. The molecule has 0 saturated heterocycles. The van der Waals surface area contributed by atoms with Crippen LogP contribution in [0.3, 0.4) is 0 Å². The lowest BCUT2D eigenvalue weighted by Crippen LogP contribution is -2.16. The monoisotopic (exact) mass is 372 g/mol. The lowest BCUT2D eigenvalue weighted by atomic mass is 10.1. The van der Waals surface area contributed by atoms with Gasteiger partial charge in [0.2, 0.25) is 0 Å². The number of aryl methyl sites for hydroxylation is 1. The van der Waals surface area contributed by atoms with E-state index in [0.717, 1.165) is 0 Å². The van der Waals surface area contributed by atoms with E-state index in [1.54, 1.807) is 26.0 Å². The molecule has 0 aliphatic carbocycles. The maximum absolute atomic E-state index is 13.2. The lowest BCUT2D eigenvalue weighted by Gasteiger charge is -2.14. The number of nitrogens with two attached hydrogens (primary N) is 1. The first-order valence-corrected chi connectivity index (χ1v) is 8.33. The molecule has 0 radical (unpaired) electrons. The maximum Gasteiger partial charge on any atom is 0.262 e. The van der Waals surface area contributed by atoms with E-state index in [-0.39, 0.29) is 15.1 Å². The van der Waals surface area contributed by atoms with Gasteiger partial charge in [-0.2, -0.15) is 0 Å². The molecular formula is C14H14BrFN2O2S. The number of hydrogen-bond acceptors (Lipinski definition) is 3. The number of nitrogens with one attached hydrogen (secondary N) is 1. The van der Waals surface area contributed by atoms with E-state index in [1.807, 2.05) is 0 Å². The van der Waals surface area contributed by atoms with Gasteiger partial charge in [0.25, 0.3) is 10.0 Å². The fourth-order valence-corrected chi connectivity index (χ4v) is 3.95. The van der Waals surface area contributed by atoms with Crippen molar-refractivity contribution in [3.63, 3.8) is 0 Å². The number of rotatable bonds is 3. The molecule has 2 aromatic rings. The molecule has 0 aliphatic rings. The third-order valence-corrected chi connectivity index (χ3v) is 5.36. The SMILES string of the molecule is Cc1ccc(N)c(C)c1S(=O)(=O)Nc1ccc(F)c(Br)c1. The summed E-state index contributed by atoms with van der Waals surface area (Å²) in [7, 11) is -3.80. The highest BCUT2D eigenvalue weighted by Gasteiger charge is 2.21. The van der Waals surface area contributed by atoms with Crippen molar-refractivity contribution < 1.29 is 12.8 Å². The molecule has 2 aromatic carbocycles. The smallest absolute Gasteiger partial charge is 0.262 e. The van der Waals surface area contributed by atoms with E-state index < -0.39 is 15.8 Å². The molecule has 4 nitrogen and oxygen atoms in total. The van der Waals surface area contributed by atoms with Crippen LogP contribution >= 0.6 is 15.9 Å². The van der Waals surface area contributed by atoms with Crippen LogP contribution in [0.4, 0.5) is 15.8 Å². The Balaban J connectivity index is 2.48. The molecule has 7 heteroatoms. The summed E-state index contributed by atoms with van der Waals surface area (Å²) in [5.74, 6) is -0.464. The van der Waals surface area contributed by atoms with Crippen LogP contribution in [0.5, 0.6) is 0 Å². The van der Waals surface area contributed by atoms with E-state index in [4.69, 9.17) is 5.73 Å². The minimum absolute atomic E-state index is 0.142. The number of sulfonamides is 1. The number of hydrogen-bond donors (Lipinski definition) is 2. The van der Waals surface area contributed by atoms with Gasteiger partial charge in [-0.1, -0.05) is 6.07 Å². The Morgan fingerprint density at radius 1 is 1.19 bits per heavy atom. The maximum atomic E-state index is 13.2. The van der Waals surface area contributed by atoms with Gasteiger partial charge in [-0.25, -0.2) is 12.8 Å². The minimum atomic E-state index is -3.80. The summed E-state index contributed by atoms with van der Waals surface area (Å²) in [6.45, 7) is 3.35. The van der Waals surface area contributed by atoms with Gasteiger partial charge in [-0.3, -0.25) is 4.72 Å². The van der Waals surface area contributed by atoms with Crippen molar-refractivity contribution in [3.8, 4) is 0 Å². The van der Waals surface area contributed by atoms with Crippen molar-refractivity contribution in [2.45, 2.75) is 18.7 Å². The molecule has 0 spiro atoms. The molecule has 21 heavy (non-hydrogen) atoms. The zero-order valence-corrected chi connectivity index (χ0v) is 13.8. The zero-order valence-electron chi connectivity index (χ0n) is 11.4. The topological polar surface area (TPSA) is 72.2 Å². The molecule has 0 bridgehead atoms. The molecule has 112 valence electrons. The Bertz CT molecular complexity index is 807. The second kappa shape index (κ2) is 5.65. The van der Waals surface area contributed by atoms with E-state index in [1.165, 1.54) is 18.2 Å². The van der Waals surface area contributed by atoms with Gasteiger partial charge < -0.3 is 5.73 Å². The summed E-state index contributed by atoms with van der Waals surface area (Å²) in [5.41, 5.74) is 7.53. The number of anilines is 2. The Kier molecular flexibility index (Phi) is 4.25. The first-order valence-electron chi connectivity index (χ1n) is 6.06. The number of nitrogen functional groups attached to an aromatic ring is 1. The highest BCUT2D eigenvalue weighted by Crippen LogP contribution is 2.28. The fourth-order valence-electron chi connectivity index (χ4n) is 2.02. The number of benzene rings is 2. The van der Waals surface area contributed by atoms with Gasteiger partial charge in [0, 0.05) is 5.69 Å². The van der Waals surface area contributed by atoms with Crippen molar-refractivity contribution in [3.05, 3.63) is 51.7 Å². The summed E-state index contributed by atoms with van der Waals surface area (Å²) in [4.78, 5) is 0.142. The third-order valence-electron chi connectivity index (χ3n) is 3.09. The van der Waals surface area contributed by atoms with E-state index >= 15 is 0 Å². The van der Waals surface area contributed by atoms with Crippen LogP contribution in [0.15, 0.2) is 39.7 Å². The summed E-state index contributed by atoms with van der Waals surface area (Å²) >= 11 is 3.02. The molecule has 0 atom stereocenters. The zero-order chi connectivity index (χ0) is 15.8. The van der Waals surface area contributed by atoms with Gasteiger partial charge in [-0.05, 0) is 65.2 Å². The Labute approximate surface area is 131 Å². The van der Waals surface area contributed by atoms with Crippen LogP contribution in [0, 0.1) is 19.7 Å². The van der Waals surface area contributed by atoms with Crippen molar-refractivity contribution in [1.82, 2.24) is 0 Å². The van der Waals surface area contributed by atoms with Gasteiger partial charge >= 0.3 is 0 Å². The molecule has 0 saturated carbocycles. The molecule has 0 heterocycles. The molecule has 0 amide bonds. The van der Waals surface area contributed by atoms with Crippen LogP contribution in [-0.2, 0) is 10.0 Å². The minimum Gasteiger partial charge on any atom is -0.398 e. The van der Waals surface area contributed by atoms with Crippen LogP contribution in [0.2, 0.25) is 0 Å². The highest BCUT2D eigenvalue weighted by atomic mass is 79.9. The summed E-state index contributed by atoms with van der Waals surface area (Å²) in [5, 5.41) is 0. The first kappa shape index (κ1) is 15.8. The Morgan fingerprint density at radius 3 is 2.48 bits per heavy atom. The van der Waals surface area contributed by atoms with Crippen LogP contribution in [0.25, 0.3) is 0 Å². The van der Waals surface area contributed by atoms with E-state index in [2.05, 4.69) is 20.7 Å². The molecule has 0 aliphatic heterocycles. The average Bonchev–Trinajstić information content (AvgIpc) is 2.38. The standard InChI is InChI=1S/C14H14BrFN2O2S/c1-8-3-6-13(17)9(2)14(8)21(19,20)18-10-4-5-12(16)11(15)7-10/h3-7,18H,17H2,1-2H3. The van der Waals surface area contributed by atoms with Crippen molar-refractivity contribution in [2.24, 2.45) is 0 Å². The Hall–Kier alpha value is -1.60. The molecule has 0 fully saturated rings. The van der Waals surface area contributed by atoms with E-state index in [0.29, 0.717) is 16.8 Å². The van der Waals surface area contributed by atoms with Gasteiger partial charge in [0.05, 0.1) is 15.1 Å². The van der Waals surface area contributed by atoms with Crippen molar-refractivity contribution in [1.29, 1.82) is 0 Å².